The molecule has 100 valence electrons. The number of hydrogen-bond donors (Lipinski definition) is 1. The van der Waals surface area contributed by atoms with E-state index in [0.29, 0.717) is 12.3 Å². The van der Waals surface area contributed by atoms with Crippen molar-refractivity contribution in [3.63, 3.8) is 0 Å². The first-order chi connectivity index (χ1) is 9.29. The van der Waals surface area contributed by atoms with Gasteiger partial charge in [-0.15, -0.1) is 0 Å². The second kappa shape index (κ2) is 5.13. The predicted octanol–water partition coefficient (Wildman–Crippen LogP) is 2.45. The molecule has 19 heavy (non-hydrogen) atoms. The lowest BCUT2D eigenvalue weighted by Crippen LogP contribution is -2.10. The van der Waals surface area contributed by atoms with Crippen molar-refractivity contribution in [2.24, 2.45) is 0 Å². The Hall–Kier alpha value is -1.68. The Morgan fingerprint density at radius 1 is 1.37 bits per heavy atom. The van der Waals surface area contributed by atoms with Crippen LogP contribution >= 0.6 is 0 Å². The molecule has 1 fully saturated rings. The molecule has 0 bridgehead atoms. The predicted molar refractivity (Wildman–Crippen MR) is 72.8 cm³/mol. The summed E-state index contributed by atoms with van der Waals surface area (Å²) in [6, 6.07) is 8.22. The summed E-state index contributed by atoms with van der Waals surface area (Å²) >= 11 is 0. The number of benzene rings is 1. The summed E-state index contributed by atoms with van der Waals surface area (Å²) in [7, 11) is 0. The SMILES string of the molecule is CCn1ncnc1CC(O)c1ccccc1C1CC1. The van der Waals surface area contributed by atoms with Crippen molar-refractivity contribution in [2.75, 3.05) is 0 Å². The second-order valence-corrected chi connectivity index (χ2v) is 5.12. The van der Waals surface area contributed by atoms with Gasteiger partial charge in [-0.2, -0.15) is 5.10 Å². The van der Waals surface area contributed by atoms with Gasteiger partial charge in [0.05, 0.1) is 6.10 Å². The zero-order chi connectivity index (χ0) is 13.2. The molecular weight excluding hydrogens is 238 g/mol. The standard InChI is InChI=1S/C15H19N3O/c1-2-18-15(16-10-17-18)9-14(19)13-6-4-3-5-12(13)11-7-8-11/h3-6,10-11,14,19H,2,7-9H2,1H3. The third kappa shape index (κ3) is 2.54. The molecule has 0 aliphatic heterocycles. The van der Waals surface area contributed by atoms with Gasteiger partial charge in [-0.1, -0.05) is 24.3 Å². The molecule has 1 unspecified atom stereocenters. The van der Waals surface area contributed by atoms with Gasteiger partial charge in [0.1, 0.15) is 12.2 Å². The van der Waals surface area contributed by atoms with E-state index in [1.807, 2.05) is 23.7 Å². The van der Waals surface area contributed by atoms with Crippen LogP contribution in [0.1, 0.15) is 48.7 Å². The zero-order valence-electron chi connectivity index (χ0n) is 11.2. The summed E-state index contributed by atoms with van der Waals surface area (Å²) in [5, 5.41) is 14.6. The molecule has 4 nitrogen and oxygen atoms in total. The van der Waals surface area contributed by atoms with Gasteiger partial charge in [-0.3, -0.25) is 4.68 Å². The lowest BCUT2D eigenvalue weighted by Gasteiger charge is -2.15. The Kier molecular flexibility index (Phi) is 3.34. The van der Waals surface area contributed by atoms with E-state index >= 15 is 0 Å². The molecule has 1 aliphatic carbocycles. The van der Waals surface area contributed by atoms with Gasteiger partial charge in [0.25, 0.3) is 0 Å². The van der Waals surface area contributed by atoms with E-state index < -0.39 is 6.10 Å². The smallest absolute Gasteiger partial charge is 0.138 e. The summed E-state index contributed by atoms with van der Waals surface area (Å²) in [5.41, 5.74) is 2.35. The summed E-state index contributed by atoms with van der Waals surface area (Å²) < 4.78 is 1.84. The third-order valence-electron chi connectivity index (χ3n) is 3.74. The number of aliphatic hydroxyl groups excluding tert-OH is 1. The molecule has 1 N–H and O–H groups in total. The van der Waals surface area contributed by atoms with Crippen LogP contribution in [0.4, 0.5) is 0 Å². The summed E-state index contributed by atoms with van der Waals surface area (Å²) in [6.07, 6.45) is 4.07. The normalized spacial score (nSPS) is 16.5. The van der Waals surface area contributed by atoms with Gasteiger partial charge in [0, 0.05) is 13.0 Å². The molecule has 0 saturated heterocycles. The first-order valence-electron chi connectivity index (χ1n) is 6.93. The molecular formula is C15H19N3O. The minimum atomic E-state index is -0.494. The van der Waals surface area contributed by atoms with Crippen molar-refractivity contribution < 1.29 is 5.11 Å². The quantitative estimate of drug-likeness (QED) is 0.895. The van der Waals surface area contributed by atoms with E-state index in [0.717, 1.165) is 17.9 Å². The second-order valence-electron chi connectivity index (χ2n) is 5.12. The minimum absolute atomic E-state index is 0.494. The Balaban J connectivity index is 1.82. The highest BCUT2D eigenvalue weighted by atomic mass is 16.3. The maximum atomic E-state index is 10.5. The summed E-state index contributed by atoms with van der Waals surface area (Å²) in [4.78, 5) is 4.23. The number of aromatic nitrogens is 3. The van der Waals surface area contributed by atoms with Crippen molar-refractivity contribution in [3.8, 4) is 0 Å². The van der Waals surface area contributed by atoms with E-state index in [1.165, 1.54) is 18.4 Å². The van der Waals surface area contributed by atoms with Crippen LogP contribution in [0.15, 0.2) is 30.6 Å². The topological polar surface area (TPSA) is 50.9 Å². The number of rotatable bonds is 5. The monoisotopic (exact) mass is 257 g/mol. The van der Waals surface area contributed by atoms with Crippen LogP contribution in [0.5, 0.6) is 0 Å². The highest BCUT2D eigenvalue weighted by Gasteiger charge is 2.27. The molecule has 0 spiro atoms. The lowest BCUT2D eigenvalue weighted by atomic mass is 9.97. The Bertz CT molecular complexity index is 560. The fraction of sp³-hybridized carbons (Fsp3) is 0.467. The molecule has 1 saturated carbocycles. The van der Waals surface area contributed by atoms with Crippen LogP contribution in [0.25, 0.3) is 0 Å². The Labute approximate surface area is 113 Å². The fourth-order valence-electron chi connectivity index (χ4n) is 2.57. The van der Waals surface area contributed by atoms with Crippen LogP contribution in [0.3, 0.4) is 0 Å². The van der Waals surface area contributed by atoms with Gasteiger partial charge in [0.2, 0.25) is 0 Å². The Morgan fingerprint density at radius 3 is 2.89 bits per heavy atom. The molecule has 1 aliphatic rings. The van der Waals surface area contributed by atoms with Crippen molar-refractivity contribution >= 4 is 0 Å². The molecule has 3 rings (SSSR count). The fourth-order valence-corrected chi connectivity index (χ4v) is 2.57. The van der Waals surface area contributed by atoms with E-state index in [1.54, 1.807) is 6.33 Å². The molecule has 2 aromatic rings. The van der Waals surface area contributed by atoms with Crippen molar-refractivity contribution in [1.82, 2.24) is 14.8 Å². The maximum absolute atomic E-state index is 10.5. The molecule has 1 atom stereocenters. The number of hydrogen-bond acceptors (Lipinski definition) is 3. The van der Waals surface area contributed by atoms with Crippen LogP contribution in [-0.2, 0) is 13.0 Å². The van der Waals surface area contributed by atoms with Gasteiger partial charge < -0.3 is 5.11 Å². The first-order valence-corrected chi connectivity index (χ1v) is 6.93. The van der Waals surface area contributed by atoms with Gasteiger partial charge >= 0.3 is 0 Å². The number of aryl methyl sites for hydroxylation is 1. The van der Waals surface area contributed by atoms with Crippen LogP contribution in [0.2, 0.25) is 0 Å². The van der Waals surface area contributed by atoms with Gasteiger partial charge in [0.15, 0.2) is 0 Å². The molecule has 4 heteroatoms. The molecule has 1 aromatic heterocycles. The maximum Gasteiger partial charge on any atom is 0.138 e. The average Bonchev–Trinajstić information content (AvgIpc) is 3.19. The molecule has 1 heterocycles. The summed E-state index contributed by atoms with van der Waals surface area (Å²) in [5.74, 6) is 1.50. The third-order valence-corrected chi connectivity index (χ3v) is 3.74. The zero-order valence-corrected chi connectivity index (χ0v) is 11.2. The van der Waals surface area contributed by atoms with E-state index in [-0.39, 0.29) is 0 Å². The highest BCUT2D eigenvalue weighted by Crippen LogP contribution is 2.43. The lowest BCUT2D eigenvalue weighted by molar-refractivity contribution is 0.173. The van der Waals surface area contributed by atoms with Crippen molar-refractivity contribution in [3.05, 3.63) is 47.5 Å². The molecule has 0 radical (unpaired) electrons. The van der Waals surface area contributed by atoms with Crippen molar-refractivity contribution in [1.29, 1.82) is 0 Å². The summed E-state index contributed by atoms with van der Waals surface area (Å²) in [6.45, 7) is 2.81. The van der Waals surface area contributed by atoms with Crippen LogP contribution in [-0.4, -0.2) is 19.9 Å². The molecule has 1 aromatic carbocycles. The largest absolute Gasteiger partial charge is 0.388 e. The highest BCUT2D eigenvalue weighted by molar-refractivity contribution is 5.35. The van der Waals surface area contributed by atoms with Crippen LogP contribution < -0.4 is 0 Å². The average molecular weight is 257 g/mol. The number of nitrogens with zero attached hydrogens (tertiary/aromatic N) is 3. The first kappa shape index (κ1) is 12.4. The minimum Gasteiger partial charge on any atom is -0.388 e. The molecule has 0 amide bonds. The van der Waals surface area contributed by atoms with Gasteiger partial charge in [-0.05, 0) is 36.8 Å². The van der Waals surface area contributed by atoms with Crippen LogP contribution in [0, 0.1) is 0 Å². The van der Waals surface area contributed by atoms with E-state index in [9.17, 15) is 5.11 Å². The van der Waals surface area contributed by atoms with E-state index in [4.69, 9.17) is 0 Å². The van der Waals surface area contributed by atoms with E-state index in [2.05, 4.69) is 22.2 Å². The number of aliphatic hydroxyl groups is 1. The van der Waals surface area contributed by atoms with Gasteiger partial charge in [-0.25, -0.2) is 4.98 Å². The Morgan fingerprint density at radius 2 is 2.16 bits per heavy atom. The van der Waals surface area contributed by atoms with Crippen molar-refractivity contribution in [2.45, 2.75) is 44.8 Å².